The molecule has 0 aliphatic carbocycles. The van der Waals surface area contributed by atoms with Crippen molar-refractivity contribution in [3.05, 3.63) is 58.4 Å². The number of piperazine rings is 1. The molecule has 2 unspecified atom stereocenters. The predicted molar refractivity (Wildman–Crippen MR) is 127 cm³/mol. The molecule has 2 aromatic rings. The molecule has 2 fully saturated rings. The van der Waals surface area contributed by atoms with Crippen molar-refractivity contribution in [2.75, 3.05) is 31.1 Å². The monoisotopic (exact) mass is 471 g/mol. The number of hydrogen-bond donors (Lipinski definition) is 2. The highest BCUT2D eigenvalue weighted by atomic mass is 35.5. The van der Waals surface area contributed by atoms with Crippen LogP contribution in [0.1, 0.15) is 34.9 Å². The lowest BCUT2D eigenvalue weighted by Crippen LogP contribution is -2.51. The number of fused-ring (bicyclic) bond motifs is 1. The molecular formula is C23H26ClN5O2S. The van der Waals surface area contributed by atoms with E-state index in [4.69, 9.17) is 24.2 Å². The van der Waals surface area contributed by atoms with Crippen LogP contribution in [0.3, 0.4) is 0 Å². The molecule has 2 amide bonds. The van der Waals surface area contributed by atoms with Gasteiger partial charge >= 0.3 is 0 Å². The molecular weight excluding hydrogens is 446 g/mol. The van der Waals surface area contributed by atoms with E-state index in [2.05, 4.69) is 43.2 Å². The van der Waals surface area contributed by atoms with Gasteiger partial charge in [0.25, 0.3) is 0 Å². The Morgan fingerprint density at radius 1 is 1.12 bits per heavy atom. The minimum absolute atomic E-state index is 0.136. The van der Waals surface area contributed by atoms with Gasteiger partial charge in [-0.1, -0.05) is 29.8 Å². The van der Waals surface area contributed by atoms with E-state index >= 15 is 0 Å². The Morgan fingerprint density at radius 2 is 1.94 bits per heavy atom. The third-order valence-corrected chi connectivity index (χ3v) is 7.42. The maximum Gasteiger partial charge on any atom is 0.243 e. The zero-order valence-electron chi connectivity index (χ0n) is 17.7. The number of nitrogens with zero attached hydrogens (tertiary/aromatic N) is 4. The maximum absolute atomic E-state index is 12.3. The first-order valence-corrected chi connectivity index (χ1v) is 11.9. The van der Waals surface area contributed by atoms with Crippen LogP contribution in [0, 0.1) is 0 Å². The summed E-state index contributed by atoms with van der Waals surface area (Å²) in [7, 11) is 0. The fraction of sp³-hybridized carbons (Fsp3) is 0.435. The number of aromatic nitrogens is 1. The molecule has 2 saturated heterocycles. The van der Waals surface area contributed by atoms with Gasteiger partial charge in [-0.25, -0.2) is 4.98 Å². The average Bonchev–Trinajstić information content (AvgIpc) is 3.11. The number of carbonyl (C=O) groups excluding carboxylic acids is 2. The molecule has 1 aromatic heterocycles. The molecule has 4 heterocycles. The maximum atomic E-state index is 12.3. The molecule has 0 radical (unpaired) electrons. The molecule has 5 rings (SSSR count). The molecule has 9 heteroatoms. The Labute approximate surface area is 198 Å². The van der Waals surface area contributed by atoms with E-state index in [-0.39, 0.29) is 23.2 Å². The Bertz CT molecular complexity index is 1030. The van der Waals surface area contributed by atoms with E-state index < -0.39 is 0 Å². The summed E-state index contributed by atoms with van der Waals surface area (Å²) in [5.41, 5.74) is 4.74. The number of rotatable bonds is 4. The van der Waals surface area contributed by atoms with Gasteiger partial charge in [0.05, 0.1) is 23.3 Å². The Balaban J connectivity index is 1.21. The lowest BCUT2D eigenvalue weighted by Gasteiger charge is -2.36. The second-order valence-electron chi connectivity index (χ2n) is 8.65. The molecule has 3 aliphatic heterocycles. The number of pyridine rings is 1. The fourth-order valence-corrected chi connectivity index (χ4v) is 5.44. The van der Waals surface area contributed by atoms with Gasteiger partial charge in [-0.05, 0) is 35.2 Å². The minimum atomic E-state index is -0.304. The summed E-state index contributed by atoms with van der Waals surface area (Å²) >= 11 is 10.7. The Kier molecular flexibility index (Phi) is 6.11. The van der Waals surface area contributed by atoms with Crippen molar-refractivity contribution in [3.8, 4) is 0 Å². The van der Waals surface area contributed by atoms with E-state index in [0.717, 1.165) is 38.4 Å². The normalized spacial score (nSPS) is 24.5. The Morgan fingerprint density at radius 3 is 2.66 bits per heavy atom. The largest absolute Gasteiger partial charge is 0.368 e. The zero-order chi connectivity index (χ0) is 22.2. The van der Waals surface area contributed by atoms with Gasteiger partial charge < -0.3 is 4.90 Å². The van der Waals surface area contributed by atoms with Crippen LogP contribution in [0.4, 0.5) is 5.69 Å². The second kappa shape index (κ2) is 9.02. The fourth-order valence-electron chi connectivity index (χ4n) is 4.85. The number of imide groups is 1. The third-order valence-electron chi connectivity index (χ3n) is 6.62. The van der Waals surface area contributed by atoms with Crippen LogP contribution in [-0.4, -0.2) is 58.8 Å². The summed E-state index contributed by atoms with van der Waals surface area (Å²) in [6, 6.07) is 10.1. The number of amides is 2. The highest BCUT2D eigenvalue weighted by Crippen LogP contribution is 2.39. The van der Waals surface area contributed by atoms with Gasteiger partial charge in [-0.2, -0.15) is 12.6 Å². The molecule has 0 bridgehead atoms. The molecule has 0 saturated carbocycles. The topological polar surface area (TPSA) is 68.8 Å². The number of benzene rings is 1. The number of piperidine rings is 1. The van der Waals surface area contributed by atoms with Crippen molar-refractivity contribution in [1.29, 1.82) is 0 Å². The highest BCUT2D eigenvalue weighted by Gasteiger charge is 2.39. The van der Waals surface area contributed by atoms with Crippen molar-refractivity contribution < 1.29 is 9.59 Å². The van der Waals surface area contributed by atoms with Crippen LogP contribution in [0.15, 0.2) is 36.5 Å². The van der Waals surface area contributed by atoms with Gasteiger partial charge in [0.1, 0.15) is 5.15 Å². The summed E-state index contributed by atoms with van der Waals surface area (Å²) in [5.74, 6) is -0.393. The van der Waals surface area contributed by atoms with E-state index in [1.54, 1.807) is 0 Å². The van der Waals surface area contributed by atoms with E-state index in [1.165, 1.54) is 16.7 Å². The quantitative estimate of drug-likeness (QED) is 0.406. The van der Waals surface area contributed by atoms with Gasteiger partial charge in [-0.15, -0.1) is 0 Å². The first-order valence-electron chi connectivity index (χ1n) is 11.0. The summed E-state index contributed by atoms with van der Waals surface area (Å²) in [6.45, 7) is 5.43. The number of carbonyl (C=O) groups is 2. The van der Waals surface area contributed by atoms with Gasteiger partial charge in [0.2, 0.25) is 11.8 Å². The average molecular weight is 472 g/mol. The van der Waals surface area contributed by atoms with Gasteiger partial charge in [0, 0.05) is 45.7 Å². The van der Waals surface area contributed by atoms with Gasteiger partial charge in [0.15, 0.2) is 0 Å². The number of halogens is 1. The standard InChI is InChI=1S/C23H26ClN5O2S/c24-20-5-3-17(12-25-20)28-9-7-27(8-10-28)13-15-1-2-16-14-29(23(32)18(16)11-15)19-4-6-21(30)26-22(19)31/h1-3,5,11-12,19,23,32H,4,6-10,13-14H2,(H,26,30,31). The molecule has 3 aliphatic rings. The first kappa shape index (κ1) is 21.7. The molecule has 2 atom stereocenters. The molecule has 0 spiro atoms. The molecule has 168 valence electrons. The first-order chi connectivity index (χ1) is 15.5. The zero-order valence-corrected chi connectivity index (χ0v) is 19.4. The summed E-state index contributed by atoms with van der Waals surface area (Å²) in [6.07, 6.45) is 2.77. The highest BCUT2D eigenvalue weighted by molar-refractivity contribution is 7.80. The summed E-state index contributed by atoms with van der Waals surface area (Å²) in [4.78, 5) is 34.9. The summed E-state index contributed by atoms with van der Waals surface area (Å²) < 4.78 is 0. The van der Waals surface area contributed by atoms with Crippen LogP contribution in [-0.2, 0) is 22.7 Å². The molecule has 32 heavy (non-hydrogen) atoms. The van der Waals surface area contributed by atoms with E-state index in [0.29, 0.717) is 24.5 Å². The van der Waals surface area contributed by atoms with Crippen molar-refractivity contribution in [2.24, 2.45) is 0 Å². The minimum Gasteiger partial charge on any atom is -0.368 e. The number of nitrogens with one attached hydrogen (secondary N) is 1. The lowest BCUT2D eigenvalue weighted by molar-refractivity contribution is -0.137. The SMILES string of the molecule is O=C1CCC(N2Cc3ccc(CN4CCN(c5ccc(Cl)nc5)CC4)cc3C2S)C(=O)N1. The van der Waals surface area contributed by atoms with Crippen molar-refractivity contribution >= 4 is 41.7 Å². The van der Waals surface area contributed by atoms with Crippen LogP contribution in [0.2, 0.25) is 5.15 Å². The predicted octanol–water partition coefficient (Wildman–Crippen LogP) is 2.61. The van der Waals surface area contributed by atoms with Crippen molar-refractivity contribution in [2.45, 2.75) is 37.3 Å². The third kappa shape index (κ3) is 4.37. The number of anilines is 1. The molecule has 1 N–H and O–H groups in total. The summed E-state index contributed by atoms with van der Waals surface area (Å²) in [5, 5.41) is 2.84. The van der Waals surface area contributed by atoms with E-state index in [9.17, 15) is 9.59 Å². The second-order valence-corrected chi connectivity index (χ2v) is 9.52. The van der Waals surface area contributed by atoms with Crippen LogP contribution in [0.25, 0.3) is 0 Å². The van der Waals surface area contributed by atoms with Crippen LogP contribution < -0.4 is 10.2 Å². The van der Waals surface area contributed by atoms with Gasteiger partial charge in [-0.3, -0.25) is 24.7 Å². The molecule has 7 nitrogen and oxygen atoms in total. The lowest BCUT2D eigenvalue weighted by atomic mass is 10.0. The number of thiol groups is 1. The van der Waals surface area contributed by atoms with Crippen LogP contribution in [0.5, 0.6) is 0 Å². The van der Waals surface area contributed by atoms with Crippen molar-refractivity contribution in [1.82, 2.24) is 20.1 Å². The molecule has 1 aromatic carbocycles. The Hall–Kier alpha value is -2.13. The smallest absolute Gasteiger partial charge is 0.243 e. The van der Waals surface area contributed by atoms with E-state index in [1.807, 2.05) is 18.3 Å². The van der Waals surface area contributed by atoms with Crippen LogP contribution >= 0.6 is 24.2 Å². The van der Waals surface area contributed by atoms with Crippen molar-refractivity contribution in [3.63, 3.8) is 0 Å². The number of hydrogen-bond acceptors (Lipinski definition) is 7.